The van der Waals surface area contributed by atoms with E-state index in [-0.39, 0.29) is 5.78 Å². The molecule has 1 atom stereocenters. The van der Waals surface area contributed by atoms with Crippen molar-refractivity contribution >= 4 is 5.78 Å². The van der Waals surface area contributed by atoms with Crippen LogP contribution in [-0.2, 0) is 13.5 Å². The molecule has 14 heavy (non-hydrogen) atoms. The Morgan fingerprint density at radius 2 is 2.29 bits per heavy atom. The smallest absolute Gasteiger partial charge is 0.183 e. The van der Waals surface area contributed by atoms with Crippen molar-refractivity contribution in [2.75, 3.05) is 6.54 Å². The maximum absolute atomic E-state index is 11.7. The number of nitrogens with two attached hydrogens (primary N) is 1. The second-order valence-corrected chi connectivity index (χ2v) is 3.95. The van der Waals surface area contributed by atoms with Gasteiger partial charge in [0.2, 0.25) is 0 Å². The third kappa shape index (κ3) is 1.26. The molecule has 2 rings (SSSR count). The standard InChI is InChI=1S/C10H15N3O/c1-6-12-10-8(13(6)2)3-7(5-11)4-9(10)14/h7H,3-5,11H2,1-2H3. The fraction of sp³-hybridized carbons (Fsp3) is 0.600. The maximum Gasteiger partial charge on any atom is 0.183 e. The molecule has 0 radical (unpaired) electrons. The number of carbonyl (C=O) groups excluding carboxylic acids is 1. The van der Waals surface area contributed by atoms with E-state index >= 15 is 0 Å². The molecule has 2 N–H and O–H groups in total. The molecule has 1 aliphatic carbocycles. The maximum atomic E-state index is 11.7. The number of hydrogen-bond donors (Lipinski definition) is 1. The van der Waals surface area contributed by atoms with Gasteiger partial charge in [-0.25, -0.2) is 4.98 Å². The number of aromatic nitrogens is 2. The van der Waals surface area contributed by atoms with Gasteiger partial charge in [0.25, 0.3) is 0 Å². The molecular weight excluding hydrogens is 178 g/mol. The third-order valence-electron chi connectivity index (χ3n) is 2.99. The second-order valence-electron chi connectivity index (χ2n) is 3.95. The lowest BCUT2D eigenvalue weighted by atomic mass is 9.89. The number of aryl methyl sites for hydroxylation is 1. The van der Waals surface area contributed by atoms with Crippen LogP contribution in [0, 0.1) is 12.8 Å². The molecule has 4 nitrogen and oxygen atoms in total. The van der Waals surface area contributed by atoms with E-state index < -0.39 is 0 Å². The van der Waals surface area contributed by atoms with Crippen molar-refractivity contribution in [3.05, 3.63) is 17.2 Å². The Labute approximate surface area is 83.1 Å². The molecule has 1 heterocycles. The van der Waals surface area contributed by atoms with E-state index in [4.69, 9.17) is 5.73 Å². The Bertz CT molecular complexity index is 381. The number of imidazole rings is 1. The van der Waals surface area contributed by atoms with Gasteiger partial charge in [0.15, 0.2) is 5.78 Å². The predicted octanol–water partition coefficient (Wildman–Crippen LogP) is 0.432. The normalized spacial score (nSPS) is 21.1. The van der Waals surface area contributed by atoms with Crippen LogP contribution in [0.3, 0.4) is 0 Å². The van der Waals surface area contributed by atoms with Crippen molar-refractivity contribution in [3.63, 3.8) is 0 Å². The number of rotatable bonds is 1. The van der Waals surface area contributed by atoms with Crippen LogP contribution in [0.4, 0.5) is 0 Å². The minimum Gasteiger partial charge on any atom is -0.335 e. The fourth-order valence-electron chi connectivity index (χ4n) is 1.98. The predicted molar refractivity (Wildman–Crippen MR) is 53.1 cm³/mol. The van der Waals surface area contributed by atoms with Crippen molar-refractivity contribution in [1.82, 2.24) is 9.55 Å². The van der Waals surface area contributed by atoms with Crippen molar-refractivity contribution in [2.24, 2.45) is 18.7 Å². The fourth-order valence-corrected chi connectivity index (χ4v) is 1.98. The van der Waals surface area contributed by atoms with E-state index in [9.17, 15) is 4.79 Å². The van der Waals surface area contributed by atoms with Gasteiger partial charge in [0.1, 0.15) is 11.5 Å². The summed E-state index contributed by atoms with van der Waals surface area (Å²) in [5.41, 5.74) is 7.31. The van der Waals surface area contributed by atoms with Crippen LogP contribution in [0.2, 0.25) is 0 Å². The summed E-state index contributed by atoms with van der Waals surface area (Å²) < 4.78 is 2.00. The highest BCUT2D eigenvalue weighted by Crippen LogP contribution is 2.24. The minimum absolute atomic E-state index is 0.144. The molecule has 1 unspecified atom stereocenters. The second kappa shape index (κ2) is 3.20. The van der Waals surface area contributed by atoms with Gasteiger partial charge in [-0.15, -0.1) is 0 Å². The van der Waals surface area contributed by atoms with Gasteiger partial charge < -0.3 is 10.3 Å². The quantitative estimate of drug-likeness (QED) is 0.703. The van der Waals surface area contributed by atoms with Gasteiger partial charge in [-0.3, -0.25) is 4.79 Å². The highest BCUT2D eigenvalue weighted by atomic mass is 16.1. The lowest BCUT2D eigenvalue weighted by molar-refractivity contribution is 0.0944. The molecule has 1 aromatic rings. The van der Waals surface area contributed by atoms with Crippen LogP contribution in [0.5, 0.6) is 0 Å². The monoisotopic (exact) mass is 193 g/mol. The molecule has 0 bridgehead atoms. The van der Waals surface area contributed by atoms with Crippen LogP contribution in [0.1, 0.15) is 28.4 Å². The Morgan fingerprint density at radius 3 is 2.93 bits per heavy atom. The zero-order valence-electron chi connectivity index (χ0n) is 8.58. The first-order valence-electron chi connectivity index (χ1n) is 4.89. The summed E-state index contributed by atoms with van der Waals surface area (Å²) in [5.74, 6) is 1.34. The van der Waals surface area contributed by atoms with Crippen LogP contribution in [-0.4, -0.2) is 21.9 Å². The highest BCUT2D eigenvalue weighted by molar-refractivity contribution is 5.96. The molecule has 1 aliphatic rings. The summed E-state index contributed by atoms with van der Waals surface area (Å²) in [6.07, 6.45) is 1.44. The SMILES string of the molecule is Cc1nc2c(n1C)CC(CN)CC2=O. The van der Waals surface area contributed by atoms with E-state index in [2.05, 4.69) is 4.98 Å². The molecule has 0 aliphatic heterocycles. The van der Waals surface area contributed by atoms with Crippen molar-refractivity contribution in [1.29, 1.82) is 0 Å². The topological polar surface area (TPSA) is 60.9 Å². The van der Waals surface area contributed by atoms with Crippen LogP contribution >= 0.6 is 0 Å². The Morgan fingerprint density at radius 1 is 1.57 bits per heavy atom. The van der Waals surface area contributed by atoms with Crippen LogP contribution < -0.4 is 5.73 Å². The lowest BCUT2D eigenvalue weighted by Crippen LogP contribution is -2.27. The Kier molecular flexibility index (Phi) is 2.15. The minimum atomic E-state index is 0.144. The average molecular weight is 193 g/mol. The van der Waals surface area contributed by atoms with Crippen molar-refractivity contribution < 1.29 is 4.79 Å². The molecule has 1 aromatic heterocycles. The summed E-state index contributed by atoms with van der Waals surface area (Å²) in [6, 6.07) is 0. The Balaban J connectivity index is 2.45. The van der Waals surface area contributed by atoms with E-state index in [0.29, 0.717) is 24.6 Å². The summed E-state index contributed by atoms with van der Waals surface area (Å²) >= 11 is 0. The molecule has 4 heteroatoms. The zero-order valence-corrected chi connectivity index (χ0v) is 8.58. The van der Waals surface area contributed by atoms with E-state index in [1.54, 1.807) is 0 Å². The van der Waals surface area contributed by atoms with Crippen molar-refractivity contribution in [3.8, 4) is 0 Å². The number of hydrogen-bond acceptors (Lipinski definition) is 3. The largest absolute Gasteiger partial charge is 0.335 e. The number of ketones is 1. The van der Waals surface area contributed by atoms with Gasteiger partial charge in [-0.1, -0.05) is 0 Å². The highest BCUT2D eigenvalue weighted by Gasteiger charge is 2.28. The summed E-state index contributed by atoms with van der Waals surface area (Å²) in [4.78, 5) is 16.0. The van der Waals surface area contributed by atoms with E-state index in [1.807, 2.05) is 18.5 Å². The van der Waals surface area contributed by atoms with Gasteiger partial charge in [0, 0.05) is 19.2 Å². The van der Waals surface area contributed by atoms with E-state index in [0.717, 1.165) is 17.9 Å². The molecule has 0 fully saturated rings. The lowest BCUT2D eigenvalue weighted by Gasteiger charge is -2.19. The first-order chi connectivity index (χ1) is 6.63. The van der Waals surface area contributed by atoms with Gasteiger partial charge in [-0.2, -0.15) is 0 Å². The zero-order chi connectivity index (χ0) is 10.3. The van der Waals surface area contributed by atoms with Crippen LogP contribution in [0.15, 0.2) is 0 Å². The van der Waals surface area contributed by atoms with Crippen molar-refractivity contribution in [2.45, 2.75) is 19.8 Å². The van der Waals surface area contributed by atoms with Gasteiger partial charge in [-0.05, 0) is 25.8 Å². The summed E-state index contributed by atoms with van der Waals surface area (Å²) in [7, 11) is 1.95. The summed E-state index contributed by atoms with van der Waals surface area (Å²) in [6.45, 7) is 2.50. The molecule has 0 saturated carbocycles. The molecule has 0 aromatic carbocycles. The number of nitrogens with zero attached hydrogens (tertiary/aromatic N) is 2. The van der Waals surface area contributed by atoms with Gasteiger partial charge >= 0.3 is 0 Å². The van der Waals surface area contributed by atoms with E-state index in [1.165, 1.54) is 0 Å². The number of carbonyl (C=O) groups is 1. The molecule has 76 valence electrons. The average Bonchev–Trinajstić information content (AvgIpc) is 2.45. The molecule has 0 amide bonds. The van der Waals surface area contributed by atoms with Crippen LogP contribution in [0.25, 0.3) is 0 Å². The first kappa shape index (κ1) is 9.40. The van der Waals surface area contributed by atoms with Gasteiger partial charge in [0.05, 0.1) is 0 Å². The molecular formula is C10H15N3O. The number of Topliss-reactive ketones (excluding diaryl/α,β-unsaturated/α-hetero) is 1. The first-order valence-corrected chi connectivity index (χ1v) is 4.89. The Hall–Kier alpha value is -1.16. The summed E-state index contributed by atoms with van der Waals surface area (Å²) in [5, 5.41) is 0. The molecule has 0 saturated heterocycles. The third-order valence-corrected chi connectivity index (χ3v) is 2.99. The molecule has 0 spiro atoms. The number of fused-ring (bicyclic) bond motifs is 1.